The molecular weight excluding hydrogens is 664 g/mol. The first-order valence-electron chi connectivity index (χ1n) is 20.7. The monoisotopic (exact) mass is 741 g/mol. The topological polar surface area (TPSA) is 100 Å². The molecule has 0 saturated carbocycles. The number of ether oxygens (including phenoxy) is 9. The van der Waals surface area contributed by atoms with Crippen molar-refractivity contribution in [2.45, 2.75) is 169 Å². The van der Waals surface area contributed by atoms with Crippen molar-refractivity contribution >= 4 is 5.97 Å². The van der Waals surface area contributed by atoms with E-state index in [-0.39, 0.29) is 11.7 Å². The van der Waals surface area contributed by atoms with Crippen molar-refractivity contribution in [1.82, 2.24) is 0 Å². The second kappa shape index (κ2) is 32.3. The van der Waals surface area contributed by atoms with Crippen LogP contribution in [-0.4, -0.2) is 90.5 Å². The zero-order valence-electron chi connectivity index (χ0n) is 34.3. The van der Waals surface area contributed by atoms with Gasteiger partial charge in [-0.05, 0) is 63.5 Å². The first-order chi connectivity index (χ1) is 25.4. The Morgan fingerprint density at radius 1 is 0.538 bits per heavy atom. The molecule has 0 saturated heterocycles. The Labute approximate surface area is 317 Å². The summed E-state index contributed by atoms with van der Waals surface area (Å²) in [6.45, 7) is 19.1. The third-order valence-corrected chi connectivity index (χ3v) is 8.56. The molecule has 304 valence electrons. The van der Waals surface area contributed by atoms with Crippen LogP contribution in [0.25, 0.3) is 0 Å². The predicted molar refractivity (Wildman–Crippen MR) is 208 cm³/mol. The van der Waals surface area contributed by atoms with Gasteiger partial charge in [0.25, 0.3) is 0 Å². The summed E-state index contributed by atoms with van der Waals surface area (Å²) in [5, 5.41) is 0. The Balaban J connectivity index is 3.59. The van der Waals surface area contributed by atoms with E-state index in [0.29, 0.717) is 76.5 Å². The second-order valence-corrected chi connectivity index (χ2v) is 13.3. The van der Waals surface area contributed by atoms with Gasteiger partial charge < -0.3 is 42.6 Å². The van der Waals surface area contributed by atoms with Gasteiger partial charge in [-0.3, -0.25) is 0 Å². The van der Waals surface area contributed by atoms with Crippen molar-refractivity contribution < 1.29 is 47.4 Å². The van der Waals surface area contributed by atoms with E-state index in [2.05, 4.69) is 48.5 Å². The van der Waals surface area contributed by atoms with Gasteiger partial charge >= 0.3 is 5.97 Å². The number of methoxy groups -OCH3 is 1. The zero-order chi connectivity index (χ0) is 38.2. The summed E-state index contributed by atoms with van der Waals surface area (Å²) in [4.78, 5) is 14.1. The van der Waals surface area contributed by atoms with Gasteiger partial charge in [-0.1, -0.05) is 93.4 Å². The smallest absolute Gasteiger partial charge is 0.340 e. The lowest BCUT2D eigenvalue weighted by molar-refractivity contribution is -0.227. The van der Waals surface area contributed by atoms with Crippen molar-refractivity contribution in [1.29, 1.82) is 0 Å². The van der Waals surface area contributed by atoms with Gasteiger partial charge in [0.15, 0.2) is 11.5 Å². The van der Waals surface area contributed by atoms with Crippen LogP contribution >= 0.6 is 0 Å². The summed E-state index contributed by atoms with van der Waals surface area (Å²) < 4.78 is 56.4. The maximum Gasteiger partial charge on any atom is 0.340 e. The molecule has 0 spiro atoms. The Bertz CT molecular complexity index is 959. The van der Waals surface area contributed by atoms with Crippen LogP contribution in [0.1, 0.15) is 155 Å². The Hall–Kier alpha value is -2.11. The average molecular weight is 741 g/mol. The molecule has 0 heterocycles. The molecule has 10 heteroatoms. The minimum Gasteiger partial charge on any atom is -0.490 e. The summed E-state index contributed by atoms with van der Waals surface area (Å²) in [5.41, 5.74) is 0.277. The molecule has 0 aliphatic rings. The highest BCUT2D eigenvalue weighted by Gasteiger charge is 2.40. The van der Waals surface area contributed by atoms with Crippen LogP contribution in [0.2, 0.25) is 0 Å². The number of benzene rings is 1. The minimum atomic E-state index is -1.08. The molecule has 0 bridgehead atoms. The number of unbranched alkanes of at least 4 members (excludes halogenated alkanes) is 7. The molecule has 10 nitrogen and oxygen atoms in total. The Kier molecular flexibility index (Phi) is 29.8. The van der Waals surface area contributed by atoms with Gasteiger partial charge in [-0.15, -0.1) is 0 Å². The highest BCUT2D eigenvalue weighted by molar-refractivity contribution is 5.91. The molecule has 0 fully saturated rings. The van der Waals surface area contributed by atoms with Gasteiger partial charge in [-0.2, -0.15) is 0 Å². The van der Waals surface area contributed by atoms with E-state index in [1.807, 2.05) is 0 Å². The minimum absolute atomic E-state index is 0.277. The molecule has 1 aromatic rings. The summed E-state index contributed by atoms with van der Waals surface area (Å²) in [5.74, 6) is 0.848. The van der Waals surface area contributed by atoms with E-state index in [4.69, 9.17) is 42.6 Å². The Morgan fingerprint density at radius 2 is 0.981 bits per heavy atom. The average Bonchev–Trinajstić information content (AvgIpc) is 3.15. The zero-order valence-corrected chi connectivity index (χ0v) is 34.3. The van der Waals surface area contributed by atoms with Crippen molar-refractivity contribution in [3.05, 3.63) is 17.7 Å². The highest BCUT2D eigenvalue weighted by atomic mass is 16.7. The molecule has 4 atom stereocenters. The standard InChI is InChI=1S/C42H76O10/c1-9-16-24-45-31-23-35(46-25-17-10-2)39(50-29-21-14-6)40(51-30-22-15-7)42(44-8)52-41(43)34-32-36(47-26-18-11-3)38(49-28-20-13-5)37(33-34)48-27-19-12-4/h32-33,35,39-40,42H,9-31H2,1-8H3. The summed E-state index contributed by atoms with van der Waals surface area (Å²) in [6.07, 6.45) is 11.0. The largest absolute Gasteiger partial charge is 0.490 e. The lowest BCUT2D eigenvalue weighted by Gasteiger charge is -2.36. The molecule has 0 amide bonds. The van der Waals surface area contributed by atoms with E-state index in [1.165, 1.54) is 7.11 Å². The van der Waals surface area contributed by atoms with Crippen LogP contribution in [-0.2, 0) is 28.4 Å². The van der Waals surface area contributed by atoms with Crippen LogP contribution in [0.15, 0.2) is 12.1 Å². The van der Waals surface area contributed by atoms with Crippen molar-refractivity contribution in [2.24, 2.45) is 0 Å². The molecule has 1 aromatic carbocycles. The summed E-state index contributed by atoms with van der Waals surface area (Å²) in [7, 11) is 1.53. The van der Waals surface area contributed by atoms with E-state index in [0.717, 1.165) is 89.9 Å². The van der Waals surface area contributed by atoms with Crippen LogP contribution < -0.4 is 14.2 Å². The maximum absolute atomic E-state index is 14.1. The highest BCUT2D eigenvalue weighted by Crippen LogP contribution is 2.40. The van der Waals surface area contributed by atoms with E-state index < -0.39 is 24.5 Å². The number of rotatable bonds is 36. The molecule has 0 aliphatic carbocycles. The van der Waals surface area contributed by atoms with Crippen LogP contribution in [0.5, 0.6) is 17.2 Å². The maximum atomic E-state index is 14.1. The normalized spacial score (nSPS) is 13.8. The first kappa shape index (κ1) is 47.9. The number of carbonyl (C=O) groups excluding carboxylic acids is 1. The van der Waals surface area contributed by atoms with Crippen LogP contribution in [0, 0.1) is 0 Å². The summed E-state index contributed by atoms with van der Waals surface area (Å²) >= 11 is 0. The van der Waals surface area contributed by atoms with Gasteiger partial charge in [0.2, 0.25) is 12.0 Å². The third-order valence-electron chi connectivity index (χ3n) is 8.56. The molecule has 0 radical (unpaired) electrons. The number of esters is 1. The van der Waals surface area contributed by atoms with Gasteiger partial charge in [0.05, 0.1) is 31.5 Å². The third kappa shape index (κ3) is 19.8. The second-order valence-electron chi connectivity index (χ2n) is 13.3. The molecule has 0 aliphatic heterocycles. The molecule has 0 N–H and O–H groups in total. The van der Waals surface area contributed by atoms with E-state index in [1.54, 1.807) is 12.1 Å². The first-order valence-corrected chi connectivity index (χ1v) is 20.7. The number of hydrogen-bond acceptors (Lipinski definition) is 10. The fraction of sp³-hybridized carbons (Fsp3) is 0.833. The molecular formula is C42H76O10. The van der Waals surface area contributed by atoms with E-state index in [9.17, 15) is 4.79 Å². The molecule has 4 unspecified atom stereocenters. The lowest BCUT2D eigenvalue weighted by atomic mass is 10.0. The van der Waals surface area contributed by atoms with E-state index >= 15 is 0 Å². The van der Waals surface area contributed by atoms with Crippen molar-refractivity contribution in [3.8, 4) is 17.2 Å². The van der Waals surface area contributed by atoms with Crippen LogP contribution in [0.4, 0.5) is 0 Å². The van der Waals surface area contributed by atoms with Crippen molar-refractivity contribution in [3.63, 3.8) is 0 Å². The van der Waals surface area contributed by atoms with Crippen LogP contribution in [0.3, 0.4) is 0 Å². The number of hydrogen-bond donors (Lipinski definition) is 0. The Morgan fingerprint density at radius 3 is 1.48 bits per heavy atom. The molecule has 0 aromatic heterocycles. The summed E-state index contributed by atoms with van der Waals surface area (Å²) in [6, 6.07) is 3.37. The predicted octanol–water partition coefficient (Wildman–Crippen LogP) is 10.1. The fourth-order valence-corrected chi connectivity index (χ4v) is 5.18. The van der Waals surface area contributed by atoms with Crippen molar-refractivity contribution in [2.75, 3.05) is 60.0 Å². The quantitative estimate of drug-likeness (QED) is 0.0375. The van der Waals surface area contributed by atoms with Gasteiger partial charge in [-0.25, -0.2) is 4.79 Å². The number of carbonyl (C=O) groups is 1. The SMILES string of the molecule is CCCCOCCC(OCCCC)C(OCCCC)C(OCCCC)C(OC)OC(=O)c1cc(OCCCC)c(OCCCC)c(OCCCC)c1. The lowest BCUT2D eigenvalue weighted by Crippen LogP contribution is -2.51. The fourth-order valence-electron chi connectivity index (χ4n) is 5.18. The molecule has 1 rings (SSSR count). The molecule has 52 heavy (non-hydrogen) atoms. The van der Waals surface area contributed by atoms with Gasteiger partial charge in [0.1, 0.15) is 12.2 Å². The van der Waals surface area contributed by atoms with Gasteiger partial charge in [0, 0.05) is 40.1 Å².